The summed E-state index contributed by atoms with van der Waals surface area (Å²) in [5.74, 6) is 0.868. The van der Waals surface area contributed by atoms with Crippen LogP contribution in [-0.4, -0.2) is 33.8 Å². The van der Waals surface area contributed by atoms with E-state index in [1.807, 2.05) is 26.8 Å². The first-order chi connectivity index (χ1) is 9.30. The van der Waals surface area contributed by atoms with Crippen molar-refractivity contribution in [3.8, 4) is 0 Å². The highest BCUT2D eigenvalue weighted by Crippen LogP contribution is 2.28. The number of nitrogens with two attached hydrogens (primary N) is 1. The first-order valence-corrected chi connectivity index (χ1v) is 7.46. The lowest BCUT2D eigenvalue weighted by Crippen LogP contribution is -2.31. The topological polar surface area (TPSA) is 62.4 Å². The van der Waals surface area contributed by atoms with E-state index in [0.717, 1.165) is 55.0 Å². The predicted molar refractivity (Wildman–Crippen MR) is 86.3 cm³/mol. The Morgan fingerprint density at radius 3 is 2.75 bits per heavy atom. The minimum Gasteiger partial charge on any atom is -0.390 e. The van der Waals surface area contributed by atoms with Crippen LogP contribution in [0.25, 0.3) is 0 Å². The molecule has 1 unspecified atom stereocenters. The number of hydrogen-bond donors (Lipinski definition) is 2. The Morgan fingerprint density at radius 1 is 1.40 bits per heavy atom. The summed E-state index contributed by atoms with van der Waals surface area (Å²) in [6, 6.07) is 2.01. The van der Waals surface area contributed by atoms with Crippen LogP contribution >= 0.6 is 12.2 Å². The summed E-state index contributed by atoms with van der Waals surface area (Å²) in [6.07, 6.45) is 2.49. The van der Waals surface area contributed by atoms with E-state index in [2.05, 4.69) is 9.88 Å². The fourth-order valence-corrected chi connectivity index (χ4v) is 3.08. The van der Waals surface area contributed by atoms with Crippen molar-refractivity contribution >= 4 is 23.0 Å². The van der Waals surface area contributed by atoms with Crippen molar-refractivity contribution in [1.82, 2.24) is 4.98 Å². The number of rotatable bonds is 2. The standard InChI is InChI=1S/C15H23N3OS/c1-10-9-11(2)17-14(12(10)13(16)20)18-7-4-5-15(3,19)6-8-18/h9,19H,4-8H2,1-3H3,(H2,16,20). The molecule has 1 aromatic rings. The van der Waals surface area contributed by atoms with Crippen molar-refractivity contribution < 1.29 is 5.11 Å². The average Bonchev–Trinajstić information content (AvgIpc) is 2.48. The summed E-state index contributed by atoms with van der Waals surface area (Å²) in [5.41, 5.74) is 8.19. The third-order valence-electron chi connectivity index (χ3n) is 3.94. The Bertz CT molecular complexity index is 528. The van der Waals surface area contributed by atoms with Gasteiger partial charge in [-0.15, -0.1) is 0 Å². The van der Waals surface area contributed by atoms with Crippen LogP contribution in [-0.2, 0) is 0 Å². The van der Waals surface area contributed by atoms with Gasteiger partial charge in [0.25, 0.3) is 0 Å². The Kier molecular flexibility index (Phi) is 4.30. The van der Waals surface area contributed by atoms with Gasteiger partial charge in [0.15, 0.2) is 0 Å². The minimum absolute atomic E-state index is 0.390. The molecule has 0 aromatic carbocycles. The molecule has 0 spiro atoms. The Balaban J connectivity index is 2.39. The molecule has 0 radical (unpaired) electrons. The number of hydrogen-bond acceptors (Lipinski definition) is 4. The van der Waals surface area contributed by atoms with Crippen molar-refractivity contribution in [2.45, 2.75) is 45.6 Å². The predicted octanol–water partition coefficient (Wildman–Crippen LogP) is 2.07. The summed E-state index contributed by atoms with van der Waals surface area (Å²) in [5, 5.41) is 10.2. The normalized spacial score (nSPS) is 23.5. The summed E-state index contributed by atoms with van der Waals surface area (Å²) < 4.78 is 0. The van der Waals surface area contributed by atoms with E-state index in [-0.39, 0.29) is 0 Å². The Morgan fingerprint density at radius 2 is 2.10 bits per heavy atom. The number of nitrogens with zero attached hydrogens (tertiary/aromatic N) is 2. The van der Waals surface area contributed by atoms with E-state index in [1.54, 1.807) is 0 Å². The first kappa shape index (κ1) is 15.2. The highest BCUT2D eigenvalue weighted by atomic mass is 32.1. The van der Waals surface area contributed by atoms with Gasteiger partial charge in [0, 0.05) is 18.8 Å². The molecular formula is C15H23N3OS. The minimum atomic E-state index is -0.586. The van der Waals surface area contributed by atoms with Crippen molar-refractivity contribution in [2.75, 3.05) is 18.0 Å². The van der Waals surface area contributed by atoms with Gasteiger partial charge in [-0.1, -0.05) is 12.2 Å². The molecule has 5 heteroatoms. The monoisotopic (exact) mass is 293 g/mol. The molecule has 0 saturated carbocycles. The van der Waals surface area contributed by atoms with Crippen LogP contribution in [0.2, 0.25) is 0 Å². The lowest BCUT2D eigenvalue weighted by atomic mass is 9.98. The van der Waals surface area contributed by atoms with Crippen molar-refractivity contribution in [1.29, 1.82) is 0 Å². The number of thiocarbonyl (C=S) groups is 1. The quantitative estimate of drug-likeness (QED) is 0.817. The lowest BCUT2D eigenvalue weighted by Gasteiger charge is -2.26. The van der Waals surface area contributed by atoms with Crippen LogP contribution in [0, 0.1) is 13.8 Å². The second kappa shape index (κ2) is 5.66. The lowest BCUT2D eigenvalue weighted by molar-refractivity contribution is 0.0481. The van der Waals surface area contributed by atoms with Crippen LogP contribution in [0.5, 0.6) is 0 Å². The van der Waals surface area contributed by atoms with Gasteiger partial charge >= 0.3 is 0 Å². The van der Waals surface area contributed by atoms with E-state index in [1.165, 1.54) is 0 Å². The molecule has 1 aromatic heterocycles. The average molecular weight is 293 g/mol. The van der Waals surface area contributed by atoms with Gasteiger partial charge in [-0.25, -0.2) is 4.98 Å². The Labute approximate surface area is 126 Å². The van der Waals surface area contributed by atoms with Crippen LogP contribution in [0.4, 0.5) is 5.82 Å². The van der Waals surface area contributed by atoms with Gasteiger partial charge in [0.2, 0.25) is 0 Å². The van der Waals surface area contributed by atoms with Gasteiger partial charge < -0.3 is 15.7 Å². The zero-order valence-corrected chi connectivity index (χ0v) is 13.3. The molecule has 1 aliphatic heterocycles. The Hall–Kier alpha value is -1.20. The van der Waals surface area contributed by atoms with E-state index in [9.17, 15) is 5.11 Å². The molecule has 20 heavy (non-hydrogen) atoms. The highest BCUT2D eigenvalue weighted by Gasteiger charge is 2.27. The summed E-state index contributed by atoms with van der Waals surface area (Å²) in [4.78, 5) is 7.24. The SMILES string of the molecule is Cc1cc(C)c(C(N)=S)c(N2CCCC(C)(O)CC2)n1. The second-order valence-electron chi connectivity index (χ2n) is 5.98. The summed E-state index contributed by atoms with van der Waals surface area (Å²) >= 11 is 5.19. The molecule has 2 rings (SSSR count). The number of aryl methyl sites for hydroxylation is 2. The zero-order valence-electron chi connectivity index (χ0n) is 12.4. The van der Waals surface area contributed by atoms with E-state index >= 15 is 0 Å². The highest BCUT2D eigenvalue weighted by molar-refractivity contribution is 7.80. The maximum absolute atomic E-state index is 10.2. The van der Waals surface area contributed by atoms with Gasteiger partial charge in [-0.05, 0) is 51.7 Å². The molecule has 2 heterocycles. The molecule has 1 aliphatic rings. The molecule has 1 saturated heterocycles. The smallest absolute Gasteiger partial charge is 0.139 e. The van der Waals surface area contributed by atoms with Crippen molar-refractivity contribution in [3.63, 3.8) is 0 Å². The van der Waals surface area contributed by atoms with Crippen LogP contribution in [0.15, 0.2) is 6.07 Å². The maximum atomic E-state index is 10.2. The van der Waals surface area contributed by atoms with Gasteiger partial charge in [-0.3, -0.25) is 0 Å². The van der Waals surface area contributed by atoms with Crippen LogP contribution in [0.3, 0.4) is 0 Å². The largest absolute Gasteiger partial charge is 0.390 e. The zero-order chi connectivity index (χ0) is 14.9. The van der Waals surface area contributed by atoms with E-state index in [4.69, 9.17) is 18.0 Å². The molecule has 0 bridgehead atoms. The van der Waals surface area contributed by atoms with Crippen molar-refractivity contribution in [3.05, 3.63) is 22.9 Å². The van der Waals surface area contributed by atoms with Gasteiger partial charge in [0.1, 0.15) is 10.8 Å². The molecule has 110 valence electrons. The van der Waals surface area contributed by atoms with Crippen LogP contribution < -0.4 is 10.6 Å². The number of anilines is 1. The summed E-state index contributed by atoms with van der Waals surface area (Å²) in [6.45, 7) is 7.55. The fraction of sp³-hybridized carbons (Fsp3) is 0.600. The molecule has 3 N–H and O–H groups in total. The number of pyridine rings is 1. The maximum Gasteiger partial charge on any atom is 0.139 e. The molecule has 1 atom stereocenters. The van der Waals surface area contributed by atoms with Crippen LogP contribution in [0.1, 0.15) is 43.0 Å². The molecule has 0 aliphatic carbocycles. The summed E-state index contributed by atoms with van der Waals surface area (Å²) in [7, 11) is 0. The van der Waals surface area contributed by atoms with Crippen molar-refractivity contribution in [2.24, 2.45) is 5.73 Å². The second-order valence-corrected chi connectivity index (χ2v) is 6.42. The molecular weight excluding hydrogens is 270 g/mol. The molecule has 4 nitrogen and oxygen atoms in total. The number of aliphatic hydroxyl groups is 1. The van der Waals surface area contributed by atoms with Gasteiger partial charge in [0.05, 0.1) is 11.2 Å². The van der Waals surface area contributed by atoms with E-state index in [0.29, 0.717) is 4.99 Å². The number of aromatic nitrogens is 1. The third-order valence-corrected chi connectivity index (χ3v) is 4.14. The van der Waals surface area contributed by atoms with Gasteiger partial charge in [-0.2, -0.15) is 0 Å². The van der Waals surface area contributed by atoms with E-state index < -0.39 is 5.60 Å². The fourth-order valence-electron chi connectivity index (χ4n) is 2.83. The molecule has 0 amide bonds. The third kappa shape index (κ3) is 3.27. The molecule has 1 fully saturated rings. The first-order valence-electron chi connectivity index (χ1n) is 7.05.